The molecule has 1 N–H and O–H groups in total. The zero-order chi connectivity index (χ0) is 15.5. The lowest BCUT2D eigenvalue weighted by Gasteiger charge is -2.14. The fourth-order valence-electron chi connectivity index (χ4n) is 2.82. The molecule has 0 radical (unpaired) electrons. The fraction of sp³-hybridized carbons (Fsp3) is 0.375. The van der Waals surface area contributed by atoms with E-state index in [1.807, 2.05) is 28.9 Å². The summed E-state index contributed by atoms with van der Waals surface area (Å²) in [4.78, 5) is 10.6. The summed E-state index contributed by atoms with van der Waals surface area (Å²) in [5, 5.41) is 14.0. The lowest BCUT2D eigenvalue weighted by atomic mass is 9.96. The minimum Gasteiger partial charge on any atom is -0.480 e. The molecule has 0 amide bonds. The zero-order valence-electron chi connectivity index (χ0n) is 12.1. The van der Waals surface area contributed by atoms with E-state index in [1.165, 1.54) is 11.3 Å². The van der Waals surface area contributed by atoms with Crippen LogP contribution in [0.15, 0.2) is 24.3 Å². The number of carboxylic acid groups (broad SMARTS) is 1. The highest BCUT2D eigenvalue weighted by Crippen LogP contribution is 2.27. The van der Waals surface area contributed by atoms with E-state index in [0.717, 1.165) is 37.1 Å². The standard InChI is InChI=1S/C16H17ClN2O3/c17-11-5-7-12(8-6-11)19-15-4-2-1-3-13(15)14(18-19)9-22-10-16(20)21/h5-8H,1-4,9-10H2,(H,20,21). The van der Waals surface area contributed by atoms with Crippen molar-refractivity contribution in [1.29, 1.82) is 0 Å². The number of fused-ring (bicyclic) bond motifs is 1. The molecule has 0 bridgehead atoms. The maximum Gasteiger partial charge on any atom is 0.329 e. The second kappa shape index (κ2) is 6.50. The molecule has 0 unspecified atom stereocenters. The number of hydrogen-bond acceptors (Lipinski definition) is 3. The molecule has 5 nitrogen and oxygen atoms in total. The first-order valence-electron chi connectivity index (χ1n) is 7.30. The number of aliphatic carboxylic acids is 1. The minimum atomic E-state index is -0.967. The SMILES string of the molecule is O=C(O)COCc1nn(-c2ccc(Cl)cc2)c2c1CCCC2. The molecule has 0 fully saturated rings. The molecule has 22 heavy (non-hydrogen) atoms. The summed E-state index contributed by atoms with van der Waals surface area (Å²) in [6.45, 7) is -0.0716. The van der Waals surface area contributed by atoms with E-state index < -0.39 is 5.97 Å². The quantitative estimate of drug-likeness (QED) is 0.919. The van der Waals surface area contributed by atoms with Gasteiger partial charge in [-0.05, 0) is 55.5 Å². The van der Waals surface area contributed by atoms with Crippen molar-refractivity contribution < 1.29 is 14.6 Å². The topological polar surface area (TPSA) is 64.3 Å². The van der Waals surface area contributed by atoms with Gasteiger partial charge in [-0.2, -0.15) is 5.10 Å². The maximum absolute atomic E-state index is 10.6. The predicted molar refractivity (Wildman–Crippen MR) is 82.5 cm³/mol. The van der Waals surface area contributed by atoms with Gasteiger partial charge in [0, 0.05) is 10.7 Å². The Hall–Kier alpha value is -1.85. The van der Waals surface area contributed by atoms with E-state index in [4.69, 9.17) is 21.4 Å². The molecule has 0 atom stereocenters. The molecule has 2 aromatic rings. The van der Waals surface area contributed by atoms with E-state index in [2.05, 4.69) is 5.10 Å². The molecule has 1 aliphatic carbocycles. The van der Waals surface area contributed by atoms with Crippen LogP contribution in [0.3, 0.4) is 0 Å². The van der Waals surface area contributed by atoms with Crippen LogP contribution < -0.4 is 0 Å². The molecule has 116 valence electrons. The molecular weight excluding hydrogens is 304 g/mol. The first-order valence-corrected chi connectivity index (χ1v) is 7.68. The van der Waals surface area contributed by atoms with Crippen molar-refractivity contribution >= 4 is 17.6 Å². The number of rotatable bonds is 5. The second-order valence-corrected chi connectivity index (χ2v) is 5.79. The lowest BCUT2D eigenvalue weighted by Crippen LogP contribution is -2.09. The van der Waals surface area contributed by atoms with Gasteiger partial charge in [0.2, 0.25) is 0 Å². The Labute approximate surface area is 133 Å². The summed E-state index contributed by atoms with van der Waals surface area (Å²) in [7, 11) is 0. The number of halogens is 1. The summed E-state index contributed by atoms with van der Waals surface area (Å²) in [6, 6.07) is 7.56. The Morgan fingerprint density at radius 2 is 2.00 bits per heavy atom. The van der Waals surface area contributed by atoms with Crippen molar-refractivity contribution in [2.24, 2.45) is 0 Å². The minimum absolute atomic E-state index is 0.231. The van der Waals surface area contributed by atoms with Crippen LogP contribution in [-0.4, -0.2) is 27.5 Å². The average Bonchev–Trinajstić information content (AvgIpc) is 2.87. The average molecular weight is 321 g/mol. The Bertz CT molecular complexity index is 679. The van der Waals surface area contributed by atoms with Gasteiger partial charge in [0.25, 0.3) is 0 Å². The van der Waals surface area contributed by atoms with Gasteiger partial charge in [-0.3, -0.25) is 0 Å². The number of carboxylic acids is 1. The predicted octanol–water partition coefficient (Wildman–Crippen LogP) is 3.01. The van der Waals surface area contributed by atoms with Crippen LogP contribution in [0.2, 0.25) is 5.02 Å². The maximum atomic E-state index is 10.6. The van der Waals surface area contributed by atoms with Crippen molar-refractivity contribution in [3.05, 3.63) is 46.2 Å². The lowest BCUT2D eigenvalue weighted by molar-refractivity contribution is -0.142. The van der Waals surface area contributed by atoms with Crippen molar-refractivity contribution in [1.82, 2.24) is 9.78 Å². The largest absolute Gasteiger partial charge is 0.480 e. The van der Waals surface area contributed by atoms with E-state index in [1.54, 1.807) is 0 Å². The molecular formula is C16H17ClN2O3. The Morgan fingerprint density at radius 1 is 1.27 bits per heavy atom. The van der Waals surface area contributed by atoms with Crippen molar-refractivity contribution in [2.75, 3.05) is 6.61 Å². The zero-order valence-corrected chi connectivity index (χ0v) is 12.8. The summed E-state index contributed by atoms with van der Waals surface area (Å²) in [5.74, 6) is -0.967. The molecule has 1 aliphatic rings. The van der Waals surface area contributed by atoms with Crippen LogP contribution in [0.25, 0.3) is 5.69 Å². The molecule has 6 heteroatoms. The van der Waals surface area contributed by atoms with Gasteiger partial charge in [0.1, 0.15) is 6.61 Å². The van der Waals surface area contributed by atoms with E-state index in [9.17, 15) is 4.79 Å². The molecule has 0 saturated carbocycles. The molecule has 1 heterocycles. The van der Waals surface area contributed by atoms with Crippen molar-refractivity contribution in [3.63, 3.8) is 0 Å². The molecule has 0 aliphatic heterocycles. The summed E-state index contributed by atoms with van der Waals surface area (Å²) >= 11 is 5.94. The number of carbonyl (C=O) groups is 1. The van der Waals surface area contributed by atoms with Crippen LogP contribution in [0, 0.1) is 0 Å². The number of nitrogens with zero attached hydrogens (tertiary/aromatic N) is 2. The summed E-state index contributed by atoms with van der Waals surface area (Å²) < 4.78 is 7.15. The van der Waals surface area contributed by atoms with Crippen LogP contribution >= 0.6 is 11.6 Å². The Balaban J connectivity index is 1.91. The van der Waals surface area contributed by atoms with Gasteiger partial charge < -0.3 is 9.84 Å². The number of hydrogen-bond donors (Lipinski definition) is 1. The highest BCUT2D eigenvalue weighted by atomic mass is 35.5. The third-order valence-corrected chi connectivity index (χ3v) is 4.05. The highest BCUT2D eigenvalue weighted by molar-refractivity contribution is 6.30. The van der Waals surface area contributed by atoms with Gasteiger partial charge >= 0.3 is 5.97 Å². The van der Waals surface area contributed by atoms with Gasteiger partial charge in [0.05, 0.1) is 18.0 Å². The van der Waals surface area contributed by atoms with Crippen molar-refractivity contribution in [3.8, 4) is 5.69 Å². The van der Waals surface area contributed by atoms with E-state index in [-0.39, 0.29) is 13.2 Å². The van der Waals surface area contributed by atoms with Crippen LogP contribution in [0.5, 0.6) is 0 Å². The Morgan fingerprint density at radius 3 is 2.73 bits per heavy atom. The van der Waals surface area contributed by atoms with Gasteiger partial charge in [-0.15, -0.1) is 0 Å². The third kappa shape index (κ3) is 3.15. The van der Waals surface area contributed by atoms with Gasteiger partial charge in [0.15, 0.2) is 0 Å². The van der Waals surface area contributed by atoms with Crippen molar-refractivity contribution in [2.45, 2.75) is 32.3 Å². The fourth-order valence-corrected chi connectivity index (χ4v) is 2.95. The van der Waals surface area contributed by atoms with Gasteiger partial charge in [-0.1, -0.05) is 11.6 Å². The normalized spacial score (nSPS) is 13.9. The summed E-state index contributed by atoms with van der Waals surface area (Å²) in [5.41, 5.74) is 4.20. The first-order chi connectivity index (χ1) is 10.6. The molecule has 1 aromatic carbocycles. The van der Waals surface area contributed by atoms with Gasteiger partial charge in [-0.25, -0.2) is 9.48 Å². The Kier molecular flexibility index (Phi) is 4.45. The van der Waals surface area contributed by atoms with E-state index in [0.29, 0.717) is 5.02 Å². The van der Waals surface area contributed by atoms with Crippen LogP contribution in [0.4, 0.5) is 0 Å². The number of benzene rings is 1. The number of aromatic nitrogens is 2. The number of ether oxygens (including phenoxy) is 1. The smallest absolute Gasteiger partial charge is 0.329 e. The molecule has 1 aromatic heterocycles. The molecule has 0 saturated heterocycles. The highest BCUT2D eigenvalue weighted by Gasteiger charge is 2.21. The molecule has 3 rings (SSSR count). The monoisotopic (exact) mass is 320 g/mol. The second-order valence-electron chi connectivity index (χ2n) is 5.35. The summed E-state index contributed by atoms with van der Waals surface area (Å²) in [6.07, 6.45) is 4.21. The van der Waals surface area contributed by atoms with Crippen LogP contribution in [-0.2, 0) is 29.0 Å². The first kappa shape index (κ1) is 15.1. The van der Waals surface area contributed by atoms with Crippen LogP contribution in [0.1, 0.15) is 29.8 Å². The molecule has 0 spiro atoms. The third-order valence-electron chi connectivity index (χ3n) is 3.80. The van der Waals surface area contributed by atoms with E-state index >= 15 is 0 Å².